The highest BCUT2D eigenvalue weighted by atomic mass is 79.9. The summed E-state index contributed by atoms with van der Waals surface area (Å²) >= 11 is 3.56. The predicted octanol–water partition coefficient (Wildman–Crippen LogP) is 4.32. The highest BCUT2D eigenvalue weighted by molar-refractivity contribution is 9.10. The molecule has 1 aliphatic rings. The van der Waals surface area contributed by atoms with Crippen LogP contribution in [-0.2, 0) is 6.42 Å². The first-order valence-corrected chi connectivity index (χ1v) is 6.59. The minimum atomic E-state index is -0.122. The lowest BCUT2D eigenvalue weighted by Crippen LogP contribution is -2.18. The molecule has 2 heteroatoms. The van der Waals surface area contributed by atoms with Crippen molar-refractivity contribution < 1.29 is 0 Å². The molecule has 84 valence electrons. The van der Waals surface area contributed by atoms with Crippen LogP contribution in [0.5, 0.6) is 0 Å². The Morgan fingerprint density at radius 1 is 1.50 bits per heavy atom. The largest absolute Gasteiger partial charge is 0.198 e. The molecule has 0 aliphatic heterocycles. The van der Waals surface area contributed by atoms with E-state index in [2.05, 4.69) is 41.1 Å². The molecule has 0 radical (unpaired) electrons. The summed E-state index contributed by atoms with van der Waals surface area (Å²) in [6.45, 7) is 2.25. The lowest BCUT2D eigenvalue weighted by atomic mass is 9.81. The lowest BCUT2D eigenvalue weighted by molar-refractivity contribution is 0.390. The van der Waals surface area contributed by atoms with E-state index in [0.717, 1.165) is 23.7 Å². The normalized spacial score (nSPS) is 28.9. The molecule has 1 nitrogen and oxygen atoms in total. The number of benzene rings is 1. The minimum Gasteiger partial charge on any atom is -0.198 e. The third kappa shape index (κ3) is 2.30. The van der Waals surface area contributed by atoms with Crippen molar-refractivity contribution in [1.82, 2.24) is 0 Å². The van der Waals surface area contributed by atoms with Gasteiger partial charge in [-0.2, -0.15) is 5.26 Å². The van der Waals surface area contributed by atoms with Gasteiger partial charge >= 0.3 is 0 Å². The van der Waals surface area contributed by atoms with Gasteiger partial charge in [-0.25, -0.2) is 0 Å². The third-order valence-corrected chi connectivity index (χ3v) is 4.35. The van der Waals surface area contributed by atoms with Crippen molar-refractivity contribution in [3.05, 3.63) is 34.3 Å². The quantitative estimate of drug-likeness (QED) is 0.790. The molecule has 2 unspecified atom stereocenters. The number of nitrogens with zero attached hydrogens (tertiary/aromatic N) is 1. The third-order valence-electron chi connectivity index (χ3n) is 3.58. The first kappa shape index (κ1) is 11.7. The molecule has 1 aromatic carbocycles. The van der Waals surface area contributed by atoms with Crippen LogP contribution in [0, 0.1) is 22.7 Å². The van der Waals surface area contributed by atoms with E-state index >= 15 is 0 Å². The first-order valence-electron chi connectivity index (χ1n) is 5.80. The molecule has 0 aromatic heterocycles. The van der Waals surface area contributed by atoms with E-state index in [4.69, 9.17) is 0 Å². The Kier molecular flexibility index (Phi) is 3.35. The zero-order valence-electron chi connectivity index (χ0n) is 9.54. The lowest BCUT2D eigenvalue weighted by Gasteiger charge is -2.21. The molecular weight excluding hydrogens is 262 g/mol. The minimum absolute atomic E-state index is 0.122. The van der Waals surface area contributed by atoms with Gasteiger partial charge in [0, 0.05) is 4.47 Å². The second-order valence-electron chi connectivity index (χ2n) is 5.01. The average Bonchev–Trinajstić information content (AvgIpc) is 2.65. The van der Waals surface area contributed by atoms with Crippen LogP contribution in [0.25, 0.3) is 0 Å². The number of hydrogen-bond donors (Lipinski definition) is 0. The maximum atomic E-state index is 9.42. The topological polar surface area (TPSA) is 23.8 Å². The summed E-state index contributed by atoms with van der Waals surface area (Å²) in [4.78, 5) is 0. The molecule has 1 aliphatic carbocycles. The molecule has 0 amide bonds. The van der Waals surface area contributed by atoms with Gasteiger partial charge in [0.1, 0.15) is 0 Å². The SMILES string of the molecule is CC1CCC(C#N)(Cc2ccccc2Br)C1. The van der Waals surface area contributed by atoms with Gasteiger partial charge in [-0.3, -0.25) is 0 Å². The number of nitriles is 1. The van der Waals surface area contributed by atoms with Gasteiger partial charge in [0.2, 0.25) is 0 Å². The summed E-state index contributed by atoms with van der Waals surface area (Å²) < 4.78 is 1.13. The molecule has 0 heterocycles. The van der Waals surface area contributed by atoms with Crippen molar-refractivity contribution in [2.75, 3.05) is 0 Å². The van der Waals surface area contributed by atoms with Crippen LogP contribution < -0.4 is 0 Å². The summed E-state index contributed by atoms with van der Waals surface area (Å²) in [5, 5.41) is 9.42. The average molecular weight is 278 g/mol. The van der Waals surface area contributed by atoms with E-state index in [-0.39, 0.29) is 5.41 Å². The van der Waals surface area contributed by atoms with Crippen molar-refractivity contribution in [3.63, 3.8) is 0 Å². The van der Waals surface area contributed by atoms with Crippen molar-refractivity contribution in [1.29, 1.82) is 5.26 Å². The van der Waals surface area contributed by atoms with Gasteiger partial charge in [0.25, 0.3) is 0 Å². The molecule has 1 fully saturated rings. The fraction of sp³-hybridized carbons (Fsp3) is 0.500. The fourth-order valence-corrected chi connectivity index (χ4v) is 3.13. The van der Waals surface area contributed by atoms with Gasteiger partial charge in [0.05, 0.1) is 11.5 Å². The Balaban J connectivity index is 2.21. The Morgan fingerprint density at radius 3 is 2.81 bits per heavy atom. The van der Waals surface area contributed by atoms with E-state index < -0.39 is 0 Å². The molecule has 2 rings (SSSR count). The number of hydrogen-bond acceptors (Lipinski definition) is 1. The second kappa shape index (κ2) is 4.59. The summed E-state index contributed by atoms with van der Waals surface area (Å²) in [6, 6.07) is 10.8. The van der Waals surface area contributed by atoms with Crippen LogP contribution >= 0.6 is 15.9 Å². The van der Waals surface area contributed by atoms with Crippen molar-refractivity contribution in [3.8, 4) is 6.07 Å². The summed E-state index contributed by atoms with van der Waals surface area (Å²) in [5.41, 5.74) is 1.14. The van der Waals surface area contributed by atoms with E-state index in [0.29, 0.717) is 5.92 Å². The summed E-state index contributed by atoms with van der Waals surface area (Å²) in [6.07, 6.45) is 4.17. The Morgan fingerprint density at radius 2 is 2.25 bits per heavy atom. The zero-order valence-corrected chi connectivity index (χ0v) is 11.1. The Labute approximate surface area is 106 Å². The van der Waals surface area contributed by atoms with Crippen molar-refractivity contribution >= 4 is 15.9 Å². The van der Waals surface area contributed by atoms with Gasteiger partial charge in [0.15, 0.2) is 0 Å². The standard InChI is InChI=1S/C14H16BrN/c1-11-6-7-14(8-11,10-16)9-12-4-2-3-5-13(12)15/h2-5,11H,6-9H2,1H3. The highest BCUT2D eigenvalue weighted by Gasteiger charge is 2.37. The van der Waals surface area contributed by atoms with E-state index in [1.165, 1.54) is 12.0 Å². The van der Waals surface area contributed by atoms with E-state index in [1.54, 1.807) is 0 Å². The first-order chi connectivity index (χ1) is 7.65. The van der Waals surface area contributed by atoms with Crippen LogP contribution in [0.1, 0.15) is 31.7 Å². The van der Waals surface area contributed by atoms with Crippen LogP contribution in [0.15, 0.2) is 28.7 Å². The molecule has 0 saturated heterocycles. The molecule has 1 aromatic rings. The molecular formula is C14H16BrN. The van der Waals surface area contributed by atoms with Gasteiger partial charge in [-0.1, -0.05) is 41.1 Å². The molecule has 0 bridgehead atoms. The maximum Gasteiger partial charge on any atom is 0.0693 e. The van der Waals surface area contributed by atoms with Crippen LogP contribution in [0.3, 0.4) is 0 Å². The van der Waals surface area contributed by atoms with E-state index in [1.807, 2.05) is 12.1 Å². The Hall–Kier alpha value is -0.810. The van der Waals surface area contributed by atoms with Gasteiger partial charge < -0.3 is 0 Å². The monoisotopic (exact) mass is 277 g/mol. The number of rotatable bonds is 2. The van der Waals surface area contributed by atoms with Gasteiger partial charge in [-0.15, -0.1) is 0 Å². The highest BCUT2D eigenvalue weighted by Crippen LogP contribution is 2.44. The van der Waals surface area contributed by atoms with Crippen molar-refractivity contribution in [2.45, 2.75) is 32.6 Å². The van der Waals surface area contributed by atoms with Crippen LogP contribution in [0.4, 0.5) is 0 Å². The molecule has 0 N–H and O–H groups in total. The Bertz CT molecular complexity index is 421. The van der Waals surface area contributed by atoms with Crippen LogP contribution in [-0.4, -0.2) is 0 Å². The maximum absolute atomic E-state index is 9.42. The molecule has 16 heavy (non-hydrogen) atoms. The van der Waals surface area contributed by atoms with Gasteiger partial charge in [-0.05, 0) is 43.2 Å². The predicted molar refractivity (Wildman–Crippen MR) is 68.9 cm³/mol. The molecule has 2 atom stereocenters. The summed E-state index contributed by atoms with van der Waals surface area (Å²) in [5.74, 6) is 0.696. The van der Waals surface area contributed by atoms with Crippen molar-refractivity contribution in [2.24, 2.45) is 11.3 Å². The smallest absolute Gasteiger partial charge is 0.0693 e. The fourth-order valence-electron chi connectivity index (χ4n) is 2.70. The second-order valence-corrected chi connectivity index (χ2v) is 5.86. The molecule has 1 saturated carbocycles. The van der Waals surface area contributed by atoms with E-state index in [9.17, 15) is 5.26 Å². The number of halogens is 1. The van der Waals surface area contributed by atoms with Crippen LogP contribution in [0.2, 0.25) is 0 Å². The summed E-state index contributed by atoms with van der Waals surface area (Å²) in [7, 11) is 0. The zero-order chi connectivity index (χ0) is 11.6. The molecule has 0 spiro atoms.